The molecule has 0 aromatic carbocycles. The Bertz CT molecular complexity index is 384. The zero-order chi connectivity index (χ0) is 10.3. The Hall–Kier alpha value is -1.65. The molecule has 0 bridgehead atoms. The summed E-state index contributed by atoms with van der Waals surface area (Å²) in [6, 6.07) is 0. The van der Waals surface area contributed by atoms with Crippen LogP contribution in [0.25, 0.3) is 0 Å². The lowest BCUT2D eigenvalue weighted by Crippen LogP contribution is -2.18. The van der Waals surface area contributed by atoms with Gasteiger partial charge in [-0.05, 0) is 0 Å². The van der Waals surface area contributed by atoms with Crippen molar-refractivity contribution in [1.29, 1.82) is 0 Å². The fraction of sp³-hybridized carbons (Fsp3) is 0.333. The molecule has 1 N–H and O–H groups in total. The van der Waals surface area contributed by atoms with E-state index in [2.05, 4.69) is 5.32 Å². The summed E-state index contributed by atoms with van der Waals surface area (Å²) in [6.07, 6.45) is 1.26. The van der Waals surface area contributed by atoms with Gasteiger partial charge >= 0.3 is 0 Å². The standard InChI is InChI=1S/C9H8FNO3/c1-14-7-3-6-4(2-5(7)10)8(12)9(13)11-6/h3-4H,2H2,1H3,(H,11,13). The molecule has 2 aliphatic rings. The highest BCUT2D eigenvalue weighted by Crippen LogP contribution is 2.32. The summed E-state index contributed by atoms with van der Waals surface area (Å²) in [6.45, 7) is 0. The average molecular weight is 197 g/mol. The Kier molecular flexibility index (Phi) is 1.87. The molecule has 1 atom stereocenters. The third-order valence-corrected chi connectivity index (χ3v) is 2.33. The summed E-state index contributed by atoms with van der Waals surface area (Å²) in [4.78, 5) is 22.2. The number of Topliss-reactive ketones (excluding diaryl/α,β-unsaturated/α-hetero) is 1. The number of hydrogen-bond donors (Lipinski definition) is 1. The Labute approximate surface area is 79.4 Å². The summed E-state index contributed by atoms with van der Waals surface area (Å²) in [5.41, 5.74) is 0.429. The van der Waals surface area contributed by atoms with E-state index in [1.54, 1.807) is 0 Å². The third kappa shape index (κ3) is 1.13. The lowest BCUT2D eigenvalue weighted by molar-refractivity contribution is -0.136. The first-order valence-corrected chi connectivity index (χ1v) is 4.13. The molecule has 0 spiro atoms. The summed E-state index contributed by atoms with van der Waals surface area (Å²) < 4.78 is 18.0. The smallest absolute Gasteiger partial charge is 0.292 e. The number of allylic oxidation sites excluding steroid dienone is 3. The van der Waals surface area contributed by atoms with Crippen LogP contribution in [-0.4, -0.2) is 18.8 Å². The molecular formula is C9H8FNO3. The summed E-state index contributed by atoms with van der Waals surface area (Å²) in [5, 5.41) is 2.38. The minimum Gasteiger partial charge on any atom is -0.494 e. The number of nitrogens with one attached hydrogen (secondary N) is 1. The van der Waals surface area contributed by atoms with Gasteiger partial charge in [-0.2, -0.15) is 0 Å². The number of carbonyl (C=O) groups is 2. The maximum Gasteiger partial charge on any atom is 0.292 e. The first-order valence-electron chi connectivity index (χ1n) is 4.13. The summed E-state index contributed by atoms with van der Waals surface area (Å²) >= 11 is 0. The van der Waals surface area contributed by atoms with Crippen molar-refractivity contribution >= 4 is 11.7 Å². The van der Waals surface area contributed by atoms with Gasteiger partial charge in [0, 0.05) is 18.2 Å². The summed E-state index contributed by atoms with van der Waals surface area (Å²) in [5.74, 6) is -2.35. The number of halogens is 1. The monoisotopic (exact) mass is 197 g/mol. The van der Waals surface area contributed by atoms with Crippen LogP contribution in [0.2, 0.25) is 0 Å². The van der Waals surface area contributed by atoms with Crippen LogP contribution < -0.4 is 5.32 Å². The molecule has 0 saturated carbocycles. The predicted octanol–water partition coefficient (Wildman–Crippen LogP) is 0.417. The van der Waals surface area contributed by atoms with Crippen LogP contribution >= 0.6 is 0 Å². The zero-order valence-corrected chi connectivity index (χ0v) is 7.46. The number of ketones is 1. The molecule has 0 radical (unpaired) electrons. The fourth-order valence-corrected chi connectivity index (χ4v) is 1.59. The fourth-order valence-electron chi connectivity index (χ4n) is 1.59. The van der Waals surface area contributed by atoms with Gasteiger partial charge < -0.3 is 10.1 Å². The van der Waals surface area contributed by atoms with Crippen LogP contribution in [0.3, 0.4) is 0 Å². The van der Waals surface area contributed by atoms with E-state index in [9.17, 15) is 14.0 Å². The number of fused-ring (bicyclic) bond motifs is 1. The number of rotatable bonds is 1. The van der Waals surface area contributed by atoms with Gasteiger partial charge in [0.1, 0.15) is 5.83 Å². The molecule has 74 valence electrons. The maximum atomic E-state index is 13.2. The van der Waals surface area contributed by atoms with Gasteiger partial charge in [0.25, 0.3) is 5.91 Å². The van der Waals surface area contributed by atoms with Crippen LogP contribution in [0.15, 0.2) is 23.4 Å². The quantitative estimate of drug-likeness (QED) is 0.619. The van der Waals surface area contributed by atoms with Crippen LogP contribution in [0, 0.1) is 5.92 Å². The SMILES string of the molecule is COC1=C(F)CC2C(=O)C(=O)NC2=C1. The highest BCUT2D eigenvalue weighted by molar-refractivity contribution is 6.40. The zero-order valence-electron chi connectivity index (χ0n) is 7.46. The van der Waals surface area contributed by atoms with Crippen LogP contribution in [0.5, 0.6) is 0 Å². The van der Waals surface area contributed by atoms with Gasteiger partial charge in [-0.1, -0.05) is 0 Å². The molecule has 2 rings (SSSR count). The van der Waals surface area contributed by atoms with Crippen LogP contribution in [-0.2, 0) is 14.3 Å². The lowest BCUT2D eigenvalue weighted by atomic mass is 9.94. The second-order valence-corrected chi connectivity index (χ2v) is 3.15. The van der Waals surface area contributed by atoms with Crippen molar-refractivity contribution in [3.8, 4) is 0 Å². The normalized spacial score (nSPS) is 25.9. The summed E-state index contributed by atoms with van der Waals surface area (Å²) in [7, 11) is 1.34. The van der Waals surface area contributed by atoms with Gasteiger partial charge in [-0.15, -0.1) is 0 Å². The molecule has 1 heterocycles. The number of hydrogen-bond acceptors (Lipinski definition) is 3. The first kappa shape index (κ1) is 8.93. The Morgan fingerprint density at radius 2 is 2.29 bits per heavy atom. The minimum absolute atomic E-state index is 0.0752. The number of carbonyl (C=O) groups excluding carboxylic acids is 2. The number of ether oxygens (including phenoxy) is 1. The molecule has 1 aliphatic heterocycles. The van der Waals surface area contributed by atoms with E-state index in [-0.39, 0.29) is 12.2 Å². The van der Waals surface area contributed by atoms with Gasteiger partial charge in [0.2, 0.25) is 5.78 Å². The number of amides is 1. The second kappa shape index (κ2) is 2.94. The van der Waals surface area contributed by atoms with Crippen molar-refractivity contribution in [2.75, 3.05) is 7.11 Å². The minimum atomic E-state index is -0.679. The number of methoxy groups -OCH3 is 1. The van der Waals surface area contributed by atoms with Crippen molar-refractivity contribution in [3.63, 3.8) is 0 Å². The molecule has 5 heteroatoms. The average Bonchev–Trinajstić information content (AvgIpc) is 2.43. The Morgan fingerprint density at radius 3 is 2.93 bits per heavy atom. The van der Waals surface area contributed by atoms with E-state index in [1.165, 1.54) is 13.2 Å². The van der Waals surface area contributed by atoms with E-state index in [0.29, 0.717) is 5.70 Å². The highest BCUT2D eigenvalue weighted by Gasteiger charge is 2.40. The Balaban J connectivity index is 2.36. The molecule has 14 heavy (non-hydrogen) atoms. The Morgan fingerprint density at radius 1 is 1.57 bits per heavy atom. The van der Waals surface area contributed by atoms with E-state index < -0.39 is 23.4 Å². The second-order valence-electron chi connectivity index (χ2n) is 3.15. The van der Waals surface area contributed by atoms with Gasteiger partial charge in [-0.25, -0.2) is 4.39 Å². The molecule has 0 aromatic rings. The third-order valence-electron chi connectivity index (χ3n) is 2.33. The molecule has 1 saturated heterocycles. The predicted molar refractivity (Wildman–Crippen MR) is 44.5 cm³/mol. The molecule has 1 aliphatic carbocycles. The van der Waals surface area contributed by atoms with Crippen molar-refractivity contribution in [3.05, 3.63) is 23.4 Å². The van der Waals surface area contributed by atoms with Crippen LogP contribution in [0.1, 0.15) is 6.42 Å². The largest absolute Gasteiger partial charge is 0.494 e. The van der Waals surface area contributed by atoms with Crippen molar-refractivity contribution in [2.24, 2.45) is 5.92 Å². The maximum absolute atomic E-state index is 13.2. The molecule has 1 fully saturated rings. The van der Waals surface area contributed by atoms with Crippen molar-refractivity contribution < 1.29 is 18.7 Å². The molecule has 0 aromatic heterocycles. The topological polar surface area (TPSA) is 55.4 Å². The van der Waals surface area contributed by atoms with E-state index >= 15 is 0 Å². The molecular weight excluding hydrogens is 189 g/mol. The van der Waals surface area contributed by atoms with Gasteiger partial charge in [0.15, 0.2) is 5.76 Å². The highest BCUT2D eigenvalue weighted by atomic mass is 19.1. The molecule has 4 nitrogen and oxygen atoms in total. The molecule has 1 amide bonds. The lowest BCUT2D eigenvalue weighted by Gasteiger charge is -2.15. The van der Waals surface area contributed by atoms with Crippen LogP contribution in [0.4, 0.5) is 4.39 Å². The first-order chi connectivity index (χ1) is 6.63. The van der Waals surface area contributed by atoms with E-state index in [1.807, 2.05) is 0 Å². The van der Waals surface area contributed by atoms with E-state index in [0.717, 1.165) is 0 Å². The molecule has 1 unspecified atom stereocenters. The van der Waals surface area contributed by atoms with Crippen molar-refractivity contribution in [1.82, 2.24) is 5.32 Å². The van der Waals surface area contributed by atoms with Gasteiger partial charge in [0.05, 0.1) is 13.0 Å². The van der Waals surface area contributed by atoms with Gasteiger partial charge in [-0.3, -0.25) is 9.59 Å². The van der Waals surface area contributed by atoms with Crippen molar-refractivity contribution in [2.45, 2.75) is 6.42 Å². The van der Waals surface area contributed by atoms with E-state index in [4.69, 9.17) is 4.74 Å².